The Kier molecular flexibility index (Phi) is 5.31. The summed E-state index contributed by atoms with van der Waals surface area (Å²) in [7, 11) is 0. The van der Waals surface area contributed by atoms with Gasteiger partial charge in [-0.1, -0.05) is 23.8 Å². The van der Waals surface area contributed by atoms with Gasteiger partial charge in [-0.2, -0.15) is 0 Å². The summed E-state index contributed by atoms with van der Waals surface area (Å²) in [6.45, 7) is 8.26. The van der Waals surface area contributed by atoms with Gasteiger partial charge in [0.05, 0.1) is 17.8 Å². The molecule has 0 saturated carbocycles. The third-order valence-corrected chi connectivity index (χ3v) is 4.51. The minimum atomic E-state index is -0.269. The fourth-order valence-electron chi connectivity index (χ4n) is 3.41. The molecule has 0 saturated heterocycles. The van der Waals surface area contributed by atoms with Crippen molar-refractivity contribution in [3.8, 4) is 5.75 Å². The zero-order valence-corrected chi connectivity index (χ0v) is 16.1. The lowest BCUT2D eigenvalue weighted by Gasteiger charge is -2.16. The largest absolute Gasteiger partial charge is 0.492 e. The second kappa shape index (κ2) is 7.66. The summed E-state index contributed by atoms with van der Waals surface area (Å²) in [5.41, 5.74) is 4.25. The van der Waals surface area contributed by atoms with Gasteiger partial charge >= 0.3 is 0 Å². The number of fused-ring (bicyclic) bond motifs is 1. The van der Waals surface area contributed by atoms with Crippen molar-refractivity contribution >= 4 is 22.5 Å². The molecule has 0 aliphatic carbocycles. The third kappa shape index (κ3) is 3.87. The highest BCUT2D eigenvalue weighted by atomic mass is 16.5. The van der Waals surface area contributed by atoms with E-state index in [1.165, 1.54) is 4.57 Å². The van der Waals surface area contributed by atoms with E-state index >= 15 is 0 Å². The monoisotopic (exact) mass is 364 g/mol. The number of carbonyl (C=O) groups excluding carboxylic acids is 1. The molecule has 0 unspecified atom stereocenters. The van der Waals surface area contributed by atoms with Crippen LogP contribution in [0.2, 0.25) is 0 Å². The van der Waals surface area contributed by atoms with Crippen LogP contribution in [0.1, 0.15) is 23.6 Å². The molecule has 1 amide bonds. The summed E-state index contributed by atoms with van der Waals surface area (Å²) < 4.78 is 7.08. The molecule has 5 nitrogen and oxygen atoms in total. The summed E-state index contributed by atoms with van der Waals surface area (Å²) in [6.07, 6.45) is 0. The summed E-state index contributed by atoms with van der Waals surface area (Å²) in [6, 6.07) is 12.9. The topological polar surface area (TPSA) is 60.3 Å². The first-order chi connectivity index (χ1) is 12.9. The van der Waals surface area contributed by atoms with Gasteiger partial charge in [-0.15, -0.1) is 0 Å². The van der Waals surface area contributed by atoms with Gasteiger partial charge in [0.15, 0.2) is 0 Å². The summed E-state index contributed by atoms with van der Waals surface area (Å²) in [4.78, 5) is 25.3. The quantitative estimate of drug-likeness (QED) is 0.745. The van der Waals surface area contributed by atoms with E-state index in [-0.39, 0.29) is 18.0 Å². The van der Waals surface area contributed by atoms with Crippen LogP contribution in [-0.2, 0) is 11.3 Å². The van der Waals surface area contributed by atoms with Gasteiger partial charge in [-0.25, -0.2) is 0 Å². The van der Waals surface area contributed by atoms with Gasteiger partial charge in [-0.05, 0) is 57.0 Å². The Bertz CT molecular complexity index is 1070. The predicted molar refractivity (Wildman–Crippen MR) is 109 cm³/mol. The van der Waals surface area contributed by atoms with Gasteiger partial charge in [-0.3, -0.25) is 14.2 Å². The zero-order valence-electron chi connectivity index (χ0n) is 16.1. The number of benzene rings is 2. The highest BCUT2D eigenvalue weighted by Gasteiger charge is 2.14. The average Bonchev–Trinajstić information content (AvgIpc) is 2.60. The van der Waals surface area contributed by atoms with Gasteiger partial charge in [0.25, 0.3) is 5.56 Å². The molecule has 1 aromatic heterocycles. The van der Waals surface area contributed by atoms with Crippen LogP contribution >= 0.6 is 0 Å². The molecule has 0 fully saturated rings. The van der Waals surface area contributed by atoms with E-state index in [4.69, 9.17) is 4.74 Å². The maximum atomic E-state index is 12.7. The van der Waals surface area contributed by atoms with Crippen LogP contribution in [-0.4, -0.2) is 17.1 Å². The van der Waals surface area contributed by atoms with Crippen molar-refractivity contribution in [2.45, 2.75) is 34.2 Å². The van der Waals surface area contributed by atoms with E-state index < -0.39 is 0 Å². The normalized spacial score (nSPS) is 10.8. The number of pyridine rings is 1. The Morgan fingerprint density at radius 1 is 1.07 bits per heavy atom. The van der Waals surface area contributed by atoms with Crippen molar-refractivity contribution in [2.75, 3.05) is 11.9 Å². The van der Waals surface area contributed by atoms with Crippen molar-refractivity contribution in [2.24, 2.45) is 0 Å². The maximum absolute atomic E-state index is 12.7. The second-order valence-corrected chi connectivity index (χ2v) is 6.71. The fourth-order valence-corrected chi connectivity index (χ4v) is 3.41. The number of hydrogen-bond donors (Lipinski definition) is 1. The van der Waals surface area contributed by atoms with Crippen molar-refractivity contribution in [1.29, 1.82) is 0 Å². The molecule has 5 heteroatoms. The lowest BCUT2D eigenvalue weighted by atomic mass is 10.0. The van der Waals surface area contributed by atoms with Crippen LogP contribution in [0.25, 0.3) is 10.9 Å². The first-order valence-corrected chi connectivity index (χ1v) is 9.03. The number of carbonyl (C=O) groups is 1. The third-order valence-electron chi connectivity index (χ3n) is 4.51. The van der Waals surface area contributed by atoms with Crippen LogP contribution in [0.5, 0.6) is 5.75 Å². The molecule has 0 aliphatic heterocycles. The Labute approximate surface area is 158 Å². The minimum absolute atomic E-state index is 0.0556. The SMILES string of the molecule is CCOc1ccccc1NC(=O)Cn1c(=O)cc(C)c2cc(C)cc(C)c21. The predicted octanol–water partition coefficient (Wildman–Crippen LogP) is 3.96. The Hall–Kier alpha value is -3.08. The molecule has 0 spiro atoms. The van der Waals surface area contributed by atoms with E-state index in [0.29, 0.717) is 18.0 Å². The smallest absolute Gasteiger partial charge is 0.251 e. The Morgan fingerprint density at radius 3 is 2.56 bits per heavy atom. The van der Waals surface area contributed by atoms with E-state index in [2.05, 4.69) is 11.4 Å². The highest BCUT2D eigenvalue weighted by Crippen LogP contribution is 2.25. The molecular formula is C22H24N2O3. The molecule has 1 heterocycles. The van der Waals surface area contributed by atoms with Crippen molar-refractivity contribution < 1.29 is 9.53 Å². The summed E-state index contributed by atoms with van der Waals surface area (Å²) in [5, 5.41) is 3.85. The molecule has 3 aromatic rings. The number of para-hydroxylation sites is 2. The van der Waals surface area contributed by atoms with E-state index in [9.17, 15) is 9.59 Å². The molecule has 0 radical (unpaired) electrons. The molecule has 3 rings (SSSR count). The van der Waals surface area contributed by atoms with Crippen LogP contribution < -0.4 is 15.6 Å². The second-order valence-electron chi connectivity index (χ2n) is 6.71. The van der Waals surface area contributed by atoms with Crippen molar-refractivity contribution in [3.63, 3.8) is 0 Å². The molecule has 0 aliphatic rings. The van der Waals surface area contributed by atoms with Crippen molar-refractivity contribution in [3.05, 3.63) is 69.5 Å². The van der Waals surface area contributed by atoms with E-state index in [1.807, 2.05) is 45.9 Å². The maximum Gasteiger partial charge on any atom is 0.251 e. The first-order valence-electron chi connectivity index (χ1n) is 9.03. The number of aromatic nitrogens is 1. The molecule has 2 aromatic carbocycles. The molecule has 140 valence electrons. The number of hydrogen-bond acceptors (Lipinski definition) is 3. The van der Waals surface area contributed by atoms with Gasteiger partial charge in [0, 0.05) is 11.5 Å². The van der Waals surface area contributed by atoms with Crippen LogP contribution in [0, 0.1) is 20.8 Å². The average molecular weight is 364 g/mol. The van der Waals surface area contributed by atoms with Crippen LogP contribution in [0.15, 0.2) is 47.3 Å². The lowest BCUT2D eigenvalue weighted by Crippen LogP contribution is -2.28. The summed E-state index contributed by atoms with van der Waals surface area (Å²) >= 11 is 0. The number of anilines is 1. The number of aryl methyl sites for hydroxylation is 3. The Morgan fingerprint density at radius 2 is 1.81 bits per heavy atom. The fraction of sp³-hybridized carbons (Fsp3) is 0.273. The summed E-state index contributed by atoms with van der Waals surface area (Å²) in [5.74, 6) is 0.343. The van der Waals surface area contributed by atoms with E-state index in [1.54, 1.807) is 18.2 Å². The van der Waals surface area contributed by atoms with Gasteiger partial charge < -0.3 is 10.1 Å². The van der Waals surface area contributed by atoms with Crippen LogP contribution in [0.3, 0.4) is 0 Å². The minimum Gasteiger partial charge on any atom is -0.492 e. The molecule has 1 N–H and O–H groups in total. The Balaban J connectivity index is 1.98. The first kappa shape index (κ1) is 18.7. The van der Waals surface area contributed by atoms with Crippen molar-refractivity contribution in [1.82, 2.24) is 4.57 Å². The molecular weight excluding hydrogens is 340 g/mol. The number of rotatable bonds is 5. The number of nitrogens with one attached hydrogen (secondary N) is 1. The number of ether oxygens (including phenoxy) is 1. The lowest BCUT2D eigenvalue weighted by molar-refractivity contribution is -0.116. The van der Waals surface area contributed by atoms with Gasteiger partial charge in [0.2, 0.25) is 5.91 Å². The number of amides is 1. The standard InChI is InChI=1S/C22H24N2O3/c1-5-27-19-9-7-6-8-18(19)23-20(25)13-24-21(26)12-15(3)17-11-14(2)10-16(4)22(17)24/h6-12H,5,13H2,1-4H3,(H,23,25). The van der Waals surface area contributed by atoms with Gasteiger partial charge in [0.1, 0.15) is 12.3 Å². The highest BCUT2D eigenvalue weighted by molar-refractivity contribution is 5.94. The molecule has 0 atom stereocenters. The zero-order chi connectivity index (χ0) is 19.6. The number of nitrogens with zero attached hydrogens (tertiary/aromatic N) is 1. The molecule has 0 bridgehead atoms. The van der Waals surface area contributed by atoms with E-state index in [0.717, 1.165) is 27.6 Å². The molecule has 27 heavy (non-hydrogen) atoms. The van der Waals surface area contributed by atoms with Crippen LogP contribution in [0.4, 0.5) is 5.69 Å².